The van der Waals surface area contributed by atoms with Crippen molar-refractivity contribution in [3.63, 3.8) is 0 Å². The van der Waals surface area contributed by atoms with E-state index in [4.69, 9.17) is 4.74 Å². The molecule has 1 N–H and O–H groups in total. The maximum Gasteiger partial charge on any atom is 0.416 e. The van der Waals surface area contributed by atoms with Crippen molar-refractivity contribution in [2.45, 2.75) is 19.1 Å². The number of halogens is 3. The Bertz CT molecular complexity index is 633. The highest BCUT2D eigenvalue weighted by atomic mass is 19.4. The number of nitrogens with one attached hydrogen (secondary N) is 1. The Labute approximate surface area is 151 Å². The number of rotatable bonds is 6. The molecule has 0 radical (unpaired) electrons. The summed E-state index contributed by atoms with van der Waals surface area (Å²) in [5.41, 5.74) is 0.0536. The van der Waals surface area contributed by atoms with Gasteiger partial charge in [0.05, 0.1) is 24.8 Å². The fourth-order valence-electron chi connectivity index (χ4n) is 2.75. The minimum absolute atomic E-state index is 0.208. The second-order valence-electron chi connectivity index (χ2n) is 5.91. The lowest BCUT2D eigenvalue weighted by Gasteiger charge is -2.35. The van der Waals surface area contributed by atoms with Crippen molar-refractivity contribution >= 4 is 5.91 Å². The van der Waals surface area contributed by atoms with Crippen LogP contribution in [-0.2, 0) is 15.7 Å². The molecule has 7 heteroatoms. The standard InChI is InChI=1S/C19H23F3N2O2/c1-2-3-4-5-18(25)23-14-17(24-10-12-26-13-11-24)15-6-8-16(9-7-15)19(20,21)22/h2-9,17H,10-14H2,1H3,(H,23,25). The molecular weight excluding hydrogens is 345 g/mol. The SMILES string of the molecule is CC=CC=CC(=O)NCC(c1ccc(C(F)(F)F)cc1)N1CCOCC1. The van der Waals surface area contributed by atoms with E-state index in [1.165, 1.54) is 18.2 Å². The van der Waals surface area contributed by atoms with E-state index in [1.807, 2.05) is 13.0 Å². The number of hydrogen-bond donors (Lipinski definition) is 1. The van der Waals surface area contributed by atoms with E-state index in [2.05, 4.69) is 10.2 Å². The molecule has 1 aromatic rings. The van der Waals surface area contributed by atoms with Gasteiger partial charge in [0.1, 0.15) is 0 Å². The molecule has 4 nitrogen and oxygen atoms in total. The first-order chi connectivity index (χ1) is 12.4. The van der Waals surface area contributed by atoms with E-state index < -0.39 is 11.7 Å². The molecule has 0 spiro atoms. The van der Waals surface area contributed by atoms with Crippen LogP contribution in [0.2, 0.25) is 0 Å². The summed E-state index contributed by atoms with van der Waals surface area (Å²) in [4.78, 5) is 14.0. The number of benzene rings is 1. The van der Waals surface area contributed by atoms with Gasteiger partial charge >= 0.3 is 6.18 Å². The number of morpholine rings is 1. The summed E-state index contributed by atoms with van der Waals surface area (Å²) in [6.45, 7) is 4.61. The molecule has 2 rings (SSSR count). The average molecular weight is 368 g/mol. The van der Waals surface area contributed by atoms with Crippen LogP contribution in [0.1, 0.15) is 24.1 Å². The van der Waals surface area contributed by atoms with Crippen molar-refractivity contribution in [1.29, 1.82) is 0 Å². The number of carbonyl (C=O) groups excluding carboxylic acids is 1. The Kier molecular flexibility index (Phi) is 7.41. The van der Waals surface area contributed by atoms with Gasteiger partial charge in [-0.3, -0.25) is 9.69 Å². The maximum atomic E-state index is 12.8. The van der Waals surface area contributed by atoms with E-state index in [0.717, 1.165) is 17.7 Å². The molecule has 0 saturated carbocycles. The third-order valence-corrected chi connectivity index (χ3v) is 4.13. The zero-order valence-corrected chi connectivity index (χ0v) is 14.6. The summed E-state index contributed by atoms with van der Waals surface area (Å²) in [5, 5.41) is 2.82. The molecule has 1 aliphatic rings. The largest absolute Gasteiger partial charge is 0.416 e. The summed E-state index contributed by atoms with van der Waals surface area (Å²) in [6.07, 6.45) is 2.25. The highest BCUT2D eigenvalue weighted by molar-refractivity contribution is 5.87. The molecule has 1 atom stereocenters. The lowest BCUT2D eigenvalue weighted by Crippen LogP contribution is -2.43. The van der Waals surface area contributed by atoms with E-state index in [0.29, 0.717) is 32.8 Å². The fourth-order valence-corrected chi connectivity index (χ4v) is 2.75. The lowest BCUT2D eigenvalue weighted by molar-refractivity contribution is -0.137. The van der Waals surface area contributed by atoms with Gasteiger partial charge in [-0.25, -0.2) is 0 Å². The van der Waals surface area contributed by atoms with Crippen LogP contribution in [0.5, 0.6) is 0 Å². The van der Waals surface area contributed by atoms with Gasteiger partial charge in [-0.1, -0.05) is 30.4 Å². The van der Waals surface area contributed by atoms with Gasteiger partial charge in [0.25, 0.3) is 0 Å². The number of ether oxygens (including phenoxy) is 1. The van der Waals surface area contributed by atoms with Crippen LogP contribution in [-0.4, -0.2) is 43.7 Å². The number of allylic oxidation sites excluding steroid dienone is 3. The Morgan fingerprint density at radius 1 is 1.23 bits per heavy atom. The minimum Gasteiger partial charge on any atom is -0.379 e. The Balaban J connectivity index is 2.11. The molecule has 0 bridgehead atoms. The Morgan fingerprint density at radius 3 is 2.46 bits per heavy atom. The fraction of sp³-hybridized carbons (Fsp3) is 0.421. The first-order valence-electron chi connectivity index (χ1n) is 8.48. The van der Waals surface area contributed by atoms with Gasteiger partial charge in [-0.15, -0.1) is 0 Å². The minimum atomic E-state index is -4.36. The summed E-state index contributed by atoms with van der Waals surface area (Å²) < 4.78 is 43.7. The second-order valence-corrected chi connectivity index (χ2v) is 5.91. The summed E-state index contributed by atoms with van der Waals surface area (Å²) >= 11 is 0. The van der Waals surface area contributed by atoms with Crippen LogP contribution >= 0.6 is 0 Å². The first kappa shape index (κ1) is 20.2. The molecule has 1 saturated heterocycles. The molecule has 1 aromatic carbocycles. The second kappa shape index (κ2) is 9.54. The summed E-state index contributed by atoms with van der Waals surface area (Å²) in [7, 11) is 0. The van der Waals surface area contributed by atoms with Crippen molar-refractivity contribution in [2.24, 2.45) is 0 Å². The monoisotopic (exact) mass is 368 g/mol. The van der Waals surface area contributed by atoms with Gasteiger partial charge in [-0.05, 0) is 24.6 Å². The lowest BCUT2D eigenvalue weighted by atomic mass is 10.0. The summed E-state index contributed by atoms with van der Waals surface area (Å²) in [5.74, 6) is -0.242. The molecule has 1 aliphatic heterocycles. The van der Waals surface area contributed by atoms with Crippen LogP contribution < -0.4 is 5.32 Å². The van der Waals surface area contributed by atoms with Crippen LogP contribution in [0.3, 0.4) is 0 Å². The quantitative estimate of drug-likeness (QED) is 0.619. The Hall–Kier alpha value is -2.12. The van der Waals surface area contributed by atoms with Gasteiger partial charge < -0.3 is 10.1 Å². The number of alkyl halides is 3. The smallest absolute Gasteiger partial charge is 0.379 e. The molecule has 1 heterocycles. The first-order valence-corrected chi connectivity index (χ1v) is 8.48. The van der Waals surface area contributed by atoms with Crippen molar-refractivity contribution < 1.29 is 22.7 Å². The number of amides is 1. The Morgan fingerprint density at radius 2 is 1.88 bits per heavy atom. The molecule has 0 aliphatic carbocycles. The van der Waals surface area contributed by atoms with E-state index in [1.54, 1.807) is 12.2 Å². The third-order valence-electron chi connectivity index (χ3n) is 4.13. The maximum absolute atomic E-state index is 12.8. The molecule has 0 aromatic heterocycles. The molecule has 142 valence electrons. The molecule has 1 amide bonds. The van der Waals surface area contributed by atoms with Crippen LogP contribution in [0.25, 0.3) is 0 Å². The van der Waals surface area contributed by atoms with Gasteiger partial charge in [0.15, 0.2) is 0 Å². The zero-order chi connectivity index (χ0) is 19.0. The topological polar surface area (TPSA) is 41.6 Å². The number of carbonyl (C=O) groups is 1. The van der Waals surface area contributed by atoms with Crippen LogP contribution in [0.4, 0.5) is 13.2 Å². The van der Waals surface area contributed by atoms with Gasteiger partial charge in [-0.2, -0.15) is 13.2 Å². The highest BCUT2D eigenvalue weighted by Gasteiger charge is 2.31. The molecule has 1 fully saturated rings. The van der Waals surface area contributed by atoms with Crippen molar-refractivity contribution in [3.05, 3.63) is 59.7 Å². The molecular formula is C19H23F3N2O2. The molecule has 26 heavy (non-hydrogen) atoms. The van der Waals surface area contributed by atoms with Gasteiger partial charge in [0.2, 0.25) is 5.91 Å². The normalized spacial score (nSPS) is 17.7. The van der Waals surface area contributed by atoms with Crippen molar-refractivity contribution in [3.8, 4) is 0 Å². The third kappa shape index (κ3) is 6.00. The van der Waals surface area contributed by atoms with Crippen molar-refractivity contribution in [1.82, 2.24) is 10.2 Å². The zero-order valence-electron chi connectivity index (χ0n) is 14.6. The van der Waals surface area contributed by atoms with E-state index in [9.17, 15) is 18.0 Å². The van der Waals surface area contributed by atoms with E-state index in [-0.39, 0.29) is 11.9 Å². The predicted octanol–water partition coefficient (Wildman–Crippen LogP) is 3.33. The predicted molar refractivity (Wildman–Crippen MR) is 93.5 cm³/mol. The summed E-state index contributed by atoms with van der Waals surface area (Å²) in [6, 6.07) is 4.91. The average Bonchev–Trinajstić information content (AvgIpc) is 2.63. The van der Waals surface area contributed by atoms with Crippen molar-refractivity contribution in [2.75, 3.05) is 32.8 Å². The van der Waals surface area contributed by atoms with Crippen LogP contribution in [0, 0.1) is 0 Å². The van der Waals surface area contributed by atoms with Gasteiger partial charge in [0, 0.05) is 25.7 Å². The number of hydrogen-bond acceptors (Lipinski definition) is 3. The van der Waals surface area contributed by atoms with Crippen LogP contribution in [0.15, 0.2) is 48.6 Å². The number of nitrogens with zero attached hydrogens (tertiary/aromatic N) is 1. The van der Waals surface area contributed by atoms with E-state index >= 15 is 0 Å². The molecule has 1 unspecified atom stereocenters. The highest BCUT2D eigenvalue weighted by Crippen LogP contribution is 2.31.